The fourth-order valence-electron chi connectivity index (χ4n) is 1.60. The van der Waals surface area contributed by atoms with E-state index in [0.717, 1.165) is 18.2 Å². The van der Waals surface area contributed by atoms with Crippen molar-refractivity contribution in [2.45, 2.75) is 0 Å². The van der Waals surface area contributed by atoms with Gasteiger partial charge in [-0.25, -0.2) is 22.0 Å². The van der Waals surface area contributed by atoms with Crippen LogP contribution in [0.3, 0.4) is 0 Å². The Balaban J connectivity index is 2.46. The largest absolute Gasteiger partial charge is 0.507 e. The van der Waals surface area contributed by atoms with Gasteiger partial charge in [0.05, 0.1) is 0 Å². The Morgan fingerprint density at radius 1 is 0.952 bits per heavy atom. The second-order valence-electron chi connectivity index (χ2n) is 3.93. The predicted molar refractivity (Wildman–Crippen MR) is 62.3 cm³/mol. The number of benzene rings is 2. The SMILES string of the molecule is O=C(Nc1c(F)c(F)cc(F)c1F)c1c(O)cccc1F. The molecule has 3 nitrogen and oxygen atoms in total. The van der Waals surface area contributed by atoms with Gasteiger partial charge in [0.1, 0.15) is 22.8 Å². The number of hydrogen-bond donors (Lipinski definition) is 2. The van der Waals surface area contributed by atoms with Crippen LogP contribution in [-0.4, -0.2) is 11.0 Å². The number of carbonyl (C=O) groups is 1. The minimum atomic E-state index is -1.85. The third-order valence-electron chi connectivity index (χ3n) is 2.57. The van der Waals surface area contributed by atoms with Crippen LogP contribution in [0.1, 0.15) is 10.4 Å². The van der Waals surface area contributed by atoms with E-state index in [1.54, 1.807) is 0 Å². The number of hydrogen-bond acceptors (Lipinski definition) is 2. The minimum absolute atomic E-state index is 0.0408. The lowest BCUT2D eigenvalue weighted by atomic mass is 10.1. The number of aromatic hydroxyl groups is 1. The molecule has 2 aromatic rings. The minimum Gasteiger partial charge on any atom is -0.507 e. The van der Waals surface area contributed by atoms with Crippen LogP contribution in [0, 0.1) is 29.1 Å². The number of carbonyl (C=O) groups excluding carboxylic acids is 1. The highest BCUT2D eigenvalue weighted by molar-refractivity contribution is 6.06. The maximum absolute atomic E-state index is 13.4. The molecule has 21 heavy (non-hydrogen) atoms. The van der Waals surface area contributed by atoms with Crippen molar-refractivity contribution >= 4 is 11.6 Å². The molecule has 0 aliphatic heterocycles. The summed E-state index contributed by atoms with van der Waals surface area (Å²) in [5.41, 5.74) is -2.33. The molecule has 0 atom stereocenters. The summed E-state index contributed by atoms with van der Waals surface area (Å²) in [5, 5.41) is 10.8. The molecule has 2 rings (SSSR count). The van der Waals surface area contributed by atoms with Crippen molar-refractivity contribution in [3.05, 3.63) is 58.9 Å². The van der Waals surface area contributed by atoms with Crippen LogP contribution in [-0.2, 0) is 0 Å². The number of halogens is 5. The molecule has 0 bridgehead atoms. The first-order chi connectivity index (χ1) is 9.82. The average Bonchev–Trinajstić information content (AvgIpc) is 2.41. The van der Waals surface area contributed by atoms with Gasteiger partial charge in [0, 0.05) is 6.07 Å². The third-order valence-corrected chi connectivity index (χ3v) is 2.57. The number of rotatable bonds is 2. The normalized spacial score (nSPS) is 10.5. The lowest BCUT2D eigenvalue weighted by Gasteiger charge is -2.10. The van der Waals surface area contributed by atoms with E-state index >= 15 is 0 Å². The lowest BCUT2D eigenvalue weighted by Crippen LogP contribution is -2.17. The van der Waals surface area contributed by atoms with Crippen molar-refractivity contribution in [1.82, 2.24) is 0 Å². The quantitative estimate of drug-likeness (QED) is 0.660. The first kappa shape index (κ1) is 14.8. The summed E-state index contributed by atoms with van der Waals surface area (Å²) >= 11 is 0. The van der Waals surface area contributed by atoms with Crippen LogP contribution < -0.4 is 5.32 Å². The molecule has 0 aliphatic carbocycles. The number of phenols is 1. The summed E-state index contributed by atoms with van der Waals surface area (Å²) in [7, 11) is 0. The second-order valence-corrected chi connectivity index (χ2v) is 3.93. The zero-order valence-corrected chi connectivity index (χ0v) is 10.1. The van der Waals surface area contributed by atoms with Crippen molar-refractivity contribution in [1.29, 1.82) is 0 Å². The summed E-state index contributed by atoms with van der Waals surface area (Å²) < 4.78 is 66.1. The van der Waals surface area contributed by atoms with E-state index in [1.807, 2.05) is 0 Å². The van der Waals surface area contributed by atoms with Gasteiger partial charge >= 0.3 is 0 Å². The number of anilines is 1. The molecule has 0 radical (unpaired) electrons. The summed E-state index contributed by atoms with van der Waals surface area (Å²) in [6, 6.07) is 2.82. The zero-order chi connectivity index (χ0) is 15.7. The molecule has 0 aliphatic rings. The summed E-state index contributed by atoms with van der Waals surface area (Å²) in [6.07, 6.45) is 0. The molecule has 2 N–H and O–H groups in total. The fraction of sp³-hybridized carbons (Fsp3) is 0. The molecule has 0 aromatic heterocycles. The topological polar surface area (TPSA) is 49.3 Å². The molecule has 0 fully saturated rings. The molecule has 0 unspecified atom stereocenters. The van der Waals surface area contributed by atoms with Gasteiger partial charge in [-0.15, -0.1) is 0 Å². The average molecular weight is 303 g/mol. The van der Waals surface area contributed by atoms with Crippen molar-refractivity contribution in [2.75, 3.05) is 5.32 Å². The Kier molecular flexibility index (Phi) is 3.79. The van der Waals surface area contributed by atoms with E-state index < -0.39 is 52.0 Å². The predicted octanol–water partition coefficient (Wildman–Crippen LogP) is 3.34. The monoisotopic (exact) mass is 303 g/mol. The van der Waals surface area contributed by atoms with E-state index in [1.165, 1.54) is 5.32 Å². The van der Waals surface area contributed by atoms with E-state index in [2.05, 4.69) is 0 Å². The van der Waals surface area contributed by atoms with Crippen LogP contribution >= 0.6 is 0 Å². The summed E-state index contributed by atoms with van der Waals surface area (Å²) in [4.78, 5) is 11.7. The molecule has 1 amide bonds. The molecule has 2 aromatic carbocycles. The standard InChI is InChI=1S/C13H6F5NO2/c14-5-2-1-3-8(20)9(5)13(21)19-12-10(17)6(15)4-7(16)11(12)18/h1-4,20H,(H,19,21). The molecular formula is C13H6F5NO2. The van der Waals surface area contributed by atoms with E-state index in [4.69, 9.17) is 0 Å². The molecule has 8 heteroatoms. The maximum Gasteiger partial charge on any atom is 0.262 e. The molecule has 0 saturated carbocycles. The highest BCUT2D eigenvalue weighted by Crippen LogP contribution is 2.26. The van der Waals surface area contributed by atoms with Crippen LogP contribution in [0.2, 0.25) is 0 Å². The zero-order valence-electron chi connectivity index (χ0n) is 10.1. The van der Waals surface area contributed by atoms with Crippen molar-refractivity contribution < 1.29 is 31.9 Å². The lowest BCUT2D eigenvalue weighted by molar-refractivity contribution is 0.101. The van der Waals surface area contributed by atoms with E-state index in [9.17, 15) is 31.9 Å². The summed E-state index contributed by atoms with van der Waals surface area (Å²) in [6.45, 7) is 0. The molecular weight excluding hydrogens is 297 g/mol. The van der Waals surface area contributed by atoms with Crippen LogP contribution in [0.5, 0.6) is 5.75 Å². The van der Waals surface area contributed by atoms with Gasteiger partial charge in [0.15, 0.2) is 23.3 Å². The highest BCUT2D eigenvalue weighted by atomic mass is 19.2. The Hall–Kier alpha value is -2.64. The first-order valence-electron chi connectivity index (χ1n) is 5.44. The first-order valence-corrected chi connectivity index (χ1v) is 5.44. The Labute approximate surface area is 114 Å². The maximum atomic E-state index is 13.4. The third kappa shape index (κ3) is 2.64. The number of nitrogens with one attached hydrogen (secondary N) is 1. The Morgan fingerprint density at radius 3 is 2.05 bits per heavy atom. The number of amides is 1. The molecule has 0 heterocycles. The van der Waals surface area contributed by atoms with Gasteiger partial charge in [-0.05, 0) is 12.1 Å². The van der Waals surface area contributed by atoms with Crippen LogP contribution in [0.15, 0.2) is 24.3 Å². The molecule has 0 saturated heterocycles. The molecule has 110 valence electrons. The summed E-state index contributed by atoms with van der Waals surface area (Å²) in [5.74, 6) is -10.6. The Morgan fingerprint density at radius 2 is 1.52 bits per heavy atom. The Bertz CT molecular complexity index is 686. The second kappa shape index (κ2) is 5.39. The number of phenolic OH excluding ortho intramolecular Hbond substituents is 1. The van der Waals surface area contributed by atoms with Gasteiger partial charge in [-0.1, -0.05) is 6.07 Å². The van der Waals surface area contributed by atoms with Gasteiger partial charge < -0.3 is 10.4 Å². The van der Waals surface area contributed by atoms with Crippen molar-refractivity contribution in [3.8, 4) is 5.75 Å². The van der Waals surface area contributed by atoms with Gasteiger partial charge in [-0.3, -0.25) is 4.79 Å². The van der Waals surface area contributed by atoms with Gasteiger partial charge in [0.25, 0.3) is 5.91 Å². The molecule has 0 spiro atoms. The fourth-order valence-corrected chi connectivity index (χ4v) is 1.60. The van der Waals surface area contributed by atoms with Crippen LogP contribution in [0.25, 0.3) is 0 Å². The van der Waals surface area contributed by atoms with Crippen molar-refractivity contribution in [2.24, 2.45) is 0 Å². The highest BCUT2D eigenvalue weighted by Gasteiger charge is 2.24. The van der Waals surface area contributed by atoms with E-state index in [0.29, 0.717) is 0 Å². The van der Waals surface area contributed by atoms with Crippen molar-refractivity contribution in [3.63, 3.8) is 0 Å². The van der Waals surface area contributed by atoms with Crippen LogP contribution in [0.4, 0.5) is 27.6 Å². The van der Waals surface area contributed by atoms with E-state index in [-0.39, 0.29) is 6.07 Å². The van der Waals surface area contributed by atoms with Gasteiger partial charge in [-0.2, -0.15) is 0 Å². The van der Waals surface area contributed by atoms with Gasteiger partial charge in [0.2, 0.25) is 0 Å². The smallest absolute Gasteiger partial charge is 0.262 e.